The molecule has 0 saturated heterocycles. The van der Waals surface area contributed by atoms with Gasteiger partial charge in [0.05, 0.1) is 5.92 Å². The molecule has 1 saturated carbocycles. The Hall–Kier alpha value is -0.580. The minimum atomic E-state index is -0.649. The van der Waals surface area contributed by atoms with Crippen LogP contribution in [0.5, 0.6) is 0 Å². The zero-order valence-corrected chi connectivity index (χ0v) is 13.6. The summed E-state index contributed by atoms with van der Waals surface area (Å²) in [5.74, 6) is -0.596. The first kappa shape index (κ1) is 15.8. The molecule has 110 valence electrons. The Morgan fingerprint density at radius 2 is 2.15 bits per heavy atom. The van der Waals surface area contributed by atoms with E-state index in [1.54, 1.807) is 0 Å². The van der Waals surface area contributed by atoms with E-state index >= 15 is 0 Å². The van der Waals surface area contributed by atoms with Crippen LogP contribution in [0, 0.1) is 11.8 Å². The lowest BCUT2D eigenvalue weighted by molar-refractivity contribution is -0.144. The summed E-state index contributed by atoms with van der Waals surface area (Å²) in [7, 11) is 0. The van der Waals surface area contributed by atoms with Crippen molar-refractivity contribution in [3.05, 3.63) is 33.3 Å². The second kappa shape index (κ2) is 7.43. The van der Waals surface area contributed by atoms with Crippen molar-refractivity contribution in [2.24, 2.45) is 11.8 Å². The Morgan fingerprint density at radius 1 is 1.40 bits per heavy atom. The highest BCUT2D eigenvalue weighted by Gasteiger charge is 2.30. The molecule has 5 heteroatoms. The number of carboxylic acids is 1. The van der Waals surface area contributed by atoms with Gasteiger partial charge in [-0.1, -0.05) is 46.4 Å². The summed E-state index contributed by atoms with van der Waals surface area (Å²) in [6.07, 6.45) is 4.00. The molecule has 0 amide bonds. The molecular weight excluding hydrogens is 342 g/mol. The molecule has 0 spiro atoms. The molecule has 3 nitrogen and oxygen atoms in total. The summed E-state index contributed by atoms with van der Waals surface area (Å²) in [5, 5.41) is 13.3. The van der Waals surface area contributed by atoms with Gasteiger partial charge in [-0.05, 0) is 43.0 Å². The second-order valence-corrected chi connectivity index (χ2v) is 6.65. The monoisotopic (exact) mass is 359 g/mol. The average Bonchev–Trinajstić information content (AvgIpc) is 2.41. The maximum atomic E-state index is 11.2. The number of halogens is 2. The standard InChI is InChI=1S/C15H19BrClNO2/c16-14-7-12(17)6-5-11(14)9-18-8-10-3-1-2-4-13(10)15(19)20/h5-7,10,13,18H,1-4,8-9H2,(H,19,20). The van der Waals surface area contributed by atoms with Gasteiger partial charge in [-0.25, -0.2) is 0 Å². The van der Waals surface area contributed by atoms with Crippen molar-refractivity contribution in [2.45, 2.75) is 32.2 Å². The first-order chi connectivity index (χ1) is 9.58. The zero-order valence-electron chi connectivity index (χ0n) is 11.2. The Bertz CT molecular complexity index is 481. The number of carboxylic acid groups (broad SMARTS) is 1. The van der Waals surface area contributed by atoms with Gasteiger partial charge in [0, 0.05) is 16.0 Å². The normalized spacial score (nSPS) is 22.7. The van der Waals surface area contributed by atoms with Crippen molar-refractivity contribution in [1.29, 1.82) is 0 Å². The third-order valence-electron chi connectivity index (χ3n) is 3.96. The van der Waals surface area contributed by atoms with Crippen LogP contribution >= 0.6 is 27.5 Å². The minimum absolute atomic E-state index is 0.190. The highest BCUT2D eigenvalue weighted by Crippen LogP contribution is 2.30. The fraction of sp³-hybridized carbons (Fsp3) is 0.533. The van der Waals surface area contributed by atoms with Crippen LogP contribution in [0.3, 0.4) is 0 Å². The van der Waals surface area contributed by atoms with Gasteiger partial charge in [0.15, 0.2) is 0 Å². The number of hydrogen-bond donors (Lipinski definition) is 2. The van der Waals surface area contributed by atoms with Gasteiger partial charge >= 0.3 is 5.97 Å². The summed E-state index contributed by atoms with van der Waals surface area (Å²) in [4.78, 5) is 11.2. The number of carbonyl (C=O) groups is 1. The summed E-state index contributed by atoms with van der Waals surface area (Å²) >= 11 is 9.40. The SMILES string of the molecule is O=C(O)C1CCCCC1CNCc1ccc(Cl)cc1Br. The van der Waals surface area contributed by atoms with Crippen molar-refractivity contribution in [2.75, 3.05) is 6.54 Å². The van der Waals surface area contributed by atoms with E-state index < -0.39 is 5.97 Å². The Labute approximate surface area is 132 Å². The summed E-state index contributed by atoms with van der Waals surface area (Å²) in [6, 6.07) is 5.72. The van der Waals surface area contributed by atoms with Crippen LogP contribution in [0.4, 0.5) is 0 Å². The fourth-order valence-corrected chi connectivity index (χ4v) is 3.66. The fourth-order valence-electron chi connectivity index (χ4n) is 2.83. The van der Waals surface area contributed by atoms with E-state index in [4.69, 9.17) is 11.6 Å². The highest BCUT2D eigenvalue weighted by atomic mass is 79.9. The lowest BCUT2D eigenvalue weighted by Gasteiger charge is -2.28. The molecule has 1 aromatic rings. The molecule has 0 heterocycles. The topological polar surface area (TPSA) is 49.3 Å². The van der Waals surface area contributed by atoms with Crippen molar-refractivity contribution in [1.82, 2.24) is 5.32 Å². The van der Waals surface area contributed by atoms with Crippen LogP contribution in [0.1, 0.15) is 31.2 Å². The molecule has 0 bridgehead atoms. The largest absolute Gasteiger partial charge is 0.481 e. The molecule has 0 aromatic heterocycles. The van der Waals surface area contributed by atoms with E-state index in [-0.39, 0.29) is 11.8 Å². The van der Waals surface area contributed by atoms with Crippen molar-refractivity contribution < 1.29 is 9.90 Å². The van der Waals surface area contributed by atoms with Crippen LogP contribution < -0.4 is 5.32 Å². The van der Waals surface area contributed by atoms with Crippen LogP contribution in [-0.2, 0) is 11.3 Å². The van der Waals surface area contributed by atoms with Crippen LogP contribution in [-0.4, -0.2) is 17.6 Å². The van der Waals surface area contributed by atoms with E-state index in [9.17, 15) is 9.90 Å². The minimum Gasteiger partial charge on any atom is -0.481 e. The van der Waals surface area contributed by atoms with E-state index in [2.05, 4.69) is 21.2 Å². The molecule has 1 aliphatic rings. The van der Waals surface area contributed by atoms with Crippen molar-refractivity contribution in [3.8, 4) is 0 Å². The molecule has 0 radical (unpaired) electrons. The lowest BCUT2D eigenvalue weighted by Crippen LogP contribution is -2.34. The van der Waals surface area contributed by atoms with E-state index in [1.165, 1.54) is 0 Å². The molecule has 2 unspecified atom stereocenters. The Kier molecular flexibility index (Phi) is 5.87. The van der Waals surface area contributed by atoms with Crippen LogP contribution in [0.2, 0.25) is 5.02 Å². The maximum absolute atomic E-state index is 11.2. The van der Waals surface area contributed by atoms with Gasteiger partial charge < -0.3 is 10.4 Å². The predicted octanol–water partition coefficient (Wildman–Crippen LogP) is 4.08. The number of hydrogen-bond acceptors (Lipinski definition) is 2. The first-order valence-corrected chi connectivity index (χ1v) is 8.12. The third-order valence-corrected chi connectivity index (χ3v) is 4.94. The molecule has 20 heavy (non-hydrogen) atoms. The molecule has 1 aliphatic carbocycles. The molecule has 1 aromatic carbocycles. The highest BCUT2D eigenvalue weighted by molar-refractivity contribution is 9.10. The summed E-state index contributed by atoms with van der Waals surface area (Å²) in [6.45, 7) is 1.48. The molecule has 0 aliphatic heterocycles. The number of rotatable bonds is 5. The third kappa shape index (κ3) is 4.21. The molecule has 2 N–H and O–H groups in total. The molecule has 2 atom stereocenters. The Balaban J connectivity index is 1.86. The van der Waals surface area contributed by atoms with Crippen LogP contribution in [0.25, 0.3) is 0 Å². The zero-order chi connectivity index (χ0) is 14.5. The quantitative estimate of drug-likeness (QED) is 0.831. The van der Waals surface area contributed by atoms with Gasteiger partial charge in [-0.15, -0.1) is 0 Å². The van der Waals surface area contributed by atoms with Gasteiger partial charge in [0.1, 0.15) is 0 Å². The van der Waals surface area contributed by atoms with E-state index in [0.717, 1.165) is 48.8 Å². The van der Waals surface area contributed by atoms with Gasteiger partial charge in [-0.3, -0.25) is 4.79 Å². The molecule has 1 fully saturated rings. The van der Waals surface area contributed by atoms with Crippen LogP contribution in [0.15, 0.2) is 22.7 Å². The summed E-state index contributed by atoms with van der Waals surface area (Å²) < 4.78 is 0.982. The maximum Gasteiger partial charge on any atom is 0.306 e. The van der Waals surface area contributed by atoms with Gasteiger partial charge in [0.2, 0.25) is 0 Å². The van der Waals surface area contributed by atoms with E-state index in [0.29, 0.717) is 5.02 Å². The number of aliphatic carboxylic acids is 1. The van der Waals surface area contributed by atoms with E-state index in [1.807, 2.05) is 18.2 Å². The molecule has 2 rings (SSSR count). The first-order valence-electron chi connectivity index (χ1n) is 6.95. The Morgan fingerprint density at radius 3 is 2.85 bits per heavy atom. The molecular formula is C15H19BrClNO2. The van der Waals surface area contributed by atoms with Crippen molar-refractivity contribution >= 4 is 33.5 Å². The van der Waals surface area contributed by atoms with Crippen molar-refractivity contribution in [3.63, 3.8) is 0 Å². The summed E-state index contributed by atoms with van der Waals surface area (Å²) in [5.41, 5.74) is 1.14. The second-order valence-electron chi connectivity index (χ2n) is 5.36. The van der Waals surface area contributed by atoms with Gasteiger partial charge in [0.25, 0.3) is 0 Å². The predicted molar refractivity (Wildman–Crippen MR) is 83.9 cm³/mol. The van der Waals surface area contributed by atoms with Gasteiger partial charge in [-0.2, -0.15) is 0 Å². The number of nitrogens with one attached hydrogen (secondary N) is 1. The average molecular weight is 361 g/mol. The smallest absolute Gasteiger partial charge is 0.306 e. The number of benzene rings is 1. The lowest BCUT2D eigenvalue weighted by atomic mass is 9.79.